The van der Waals surface area contributed by atoms with Gasteiger partial charge in [0.2, 0.25) is 0 Å². The SMILES string of the molecule is CC(CCn1nnnc1C1CC1c1ccccc1)C(=O)O. The first-order valence-corrected chi connectivity index (χ1v) is 7.20. The third-order valence-corrected chi connectivity index (χ3v) is 4.10. The molecule has 3 unspecified atom stereocenters. The molecule has 1 saturated carbocycles. The summed E-state index contributed by atoms with van der Waals surface area (Å²) in [6.07, 6.45) is 1.59. The van der Waals surface area contributed by atoms with Gasteiger partial charge in [0, 0.05) is 12.5 Å². The lowest BCUT2D eigenvalue weighted by Gasteiger charge is -2.07. The highest BCUT2D eigenvalue weighted by Crippen LogP contribution is 2.53. The van der Waals surface area contributed by atoms with E-state index in [2.05, 4.69) is 27.7 Å². The summed E-state index contributed by atoms with van der Waals surface area (Å²) in [5.41, 5.74) is 1.32. The topological polar surface area (TPSA) is 80.9 Å². The van der Waals surface area contributed by atoms with Crippen LogP contribution in [0.25, 0.3) is 0 Å². The maximum absolute atomic E-state index is 10.9. The molecule has 1 fully saturated rings. The molecule has 1 aliphatic carbocycles. The van der Waals surface area contributed by atoms with Crippen molar-refractivity contribution >= 4 is 5.97 Å². The van der Waals surface area contributed by atoms with Gasteiger partial charge >= 0.3 is 5.97 Å². The van der Waals surface area contributed by atoms with Crippen molar-refractivity contribution in [2.24, 2.45) is 5.92 Å². The number of carbonyl (C=O) groups is 1. The van der Waals surface area contributed by atoms with E-state index in [9.17, 15) is 4.79 Å². The van der Waals surface area contributed by atoms with Crippen LogP contribution in [-0.4, -0.2) is 31.3 Å². The Morgan fingerprint density at radius 1 is 1.38 bits per heavy atom. The van der Waals surface area contributed by atoms with Crippen molar-refractivity contribution < 1.29 is 9.90 Å². The number of nitrogens with zero attached hydrogens (tertiary/aromatic N) is 4. The van der Waals surface area contributed by atoms with E-state index < -0.39 is 5.97 Å². The Bertz CT molecular complexity index is 626. The lowest BCUT2D eigenvalue weighted by atomic mass is 10.1. The first-order chi connectivity index (χ1) is 10.2. The predicted octanol–water partition coefficient (Wildman–Crippen LogP) is 2.05. The van der Waals surface area contributed by atoms with Crippen LogP contribution in [-0.2, 0) is 11.3 Å². The largest absolute Gasteiger partial charge is 0.481 e. The molecular weight excluding hydrogens is 268 g/mol. The van der Waals surface area contributed by atoms with Crippen molar-refractivity contribution in [3.05, 3.63) is 41.7 Å². The molecule has 0 bridgehead atoms. The summed E-state index contributed by atoms with van der Waals surface area (Å²) in [5, 5.41) is 20.8. The quantitative estimate of drug-likeness (QED) is 0.879. The molecule has 3 rings (SSSR count). The maximum Gasteiger partial charge on any atom is 0.306 e. The summed E-state index contributed by atoms with van der Waals surface area (Å²) < 4.78 is 1.76. The molecule has 0 spiro atoms. The molecule has 21 heavy (non-hydrogen) atoms. The lowest BCUT2D eigenvalue weighted by molar-refractivity contribution is -0.141. The van der Waals surface area contributed by atoms with Gasteiger partial charge < -0.3 is 5.11 Å². The number of tetrazole rings is 1. The van der Waals surface area contributed by atoms with Crippen LogP contribution in [0.2, 0.25) is 0 Å². The number of benzene rings is 1. The highest BCUT2D eigenvalue weighted by atomic mass is 16.4. The van der Waals surface area contributed by atoms with Crippen LogP contribution in [0.4, 0.5) is 0 Å². The fraction of sp³-hybridized carbons (Fsp3) is 0.467. The smallest absolute Gasteiger partial charge is 0.306 e. The van der Waals surface area contributed by atoms with Gasteiger partial charge in [0.15, 0.2) is 5.82 Å². The minimum absolute atomic E-state index is 0.350. The van der Waals surface area contributed by atoms with Gasteiger partial charge in [-0.05, 0) is 34.7 Å². The van der Waals surface area contributed by atoms with E-state index in [0.717, 1.165) is 12.2 Å². The number of hydrogen-bond donors (Lipinski definition) is 1. The summed E-state index contributed by atoms with van der Waals surface area (Å²) in [6.45, 7) is 2.25. The molecule has 0 saturated heterocycles. The first kappa shape index (κ1) is 13.7. The number of carboxylic acid groups (broad SMARTS) is 1. The Hall–Kier alpha value is -2.24. The second kappa shape index (κ2) is 5.63. The van der Waals surface area contributed by atoms with Crippen molar-refractivity contribution in [2.75, 3.05) is 0 Å². The molecule has 0 aliphatic heterocycles. The average Bonchev–Trinajstić information content (AvgIpc) is 3.16. The number of carboxylic acids is 1. The Labute approximate surface area is 122 Å². The molecule has 3 atom stereocenters. The van der Waals surface area contributed by atoms with Crippen LogP contribution in [0, 0.1) is 5.92 Å². The molecule has 6 nitrogen and oxygen atoms in total. The normalized spacial score (nSPS) is 22.0. The second-order valence-electron chi connectivity index (χ2n) is 5.65. The summed E-state index contributed by atoms with van der Waals surface area (Å²) >= 11 is 0. The third-order valence-electron chi connectivity index (χ3n) is 4.10. The van der Waals surface area contributed by atoms with Gasteiger partial charge in [-0.1, -0.05) is 37.3 Å². The number of aliphatic carboxylic acids is 1. The van der Waals surface area contributed by atoms with E-state index in [0.29, 0.717) is 24.8 Å². The standard InChI is InChI=1S/C15H18N4O2/c1-10(15(20)21)7-8-19-14(16-17-18-19)13-9-12(13)11-5-3-2-4-6-11/h2-6,10,12-13H,7-9H2,1H3,(H,20,21). The fourth-order valence-corrected chi connectivity index (χ4v) is 2.62. The van der Waals surface area contributed by atoms with Crippen LogP contribution in [0.3, 0.4) is 0 Å². The monoisotopic (exact) mass is 286 g/mol. The summed E-state index contributed by atoms with van der Waals surface area (Å²) in [5.74, 6) is 0.543. The fourth-order valence-electron chi connectivity index (χ4n) is 2.62. The third kappa shape index (κ3) is 2.94. The molecule has 1 aromatic heterocycles. The van der Waals surface area contributed by atoms with Gasteiger partial charge in [0.05, 0.1) is 5.92 Å². The maximum atomic E-state index is 10.9. The average molecular weight is 286 g/mol. The first-order valence-electron chi connectivity index (χ1n) is 7.20. The van der Waals surface area contributed by atoms with Crippen molar-refractivity contribution in [1.29, 1.82) is 0 Å². The Morgan fingerprint density at radius 3 is 2.86 bits per heavy atom. The van der Waals surface area contributed by atoms with Gasteiger partial charge in [-0.25, -0.2) is 4.68 Å². The van der Waals surface area contributed by atoms with E-state index in [1.54, 1.807) is 11.6 Å². The molecule has 6 heteroatoms. The zero-order valence-corrected chi connectivity index (χ0v) is 11.9. The van der Waals surface area contributed by atoms with Crippen molar-refractivity contribution in [3.63, 3.8) is 0 Å². The molecule has 1 heterocycles. The Balaban J connectivity index is 1.66. The van der Waals surface area contributed by atoms with Crippen LogP contribution in [0.15, 0.2) is 30.3 Å². The van der Waals surface area contributed by atoms with E-state index in [1.165, 1.54) is 5.56 Å². The second-order valence-corrected chi connectivity index (χ2v) is 5.65. The zero-order valence-electron chi connectivity index (χ0n) is 11.9. The molecule has 0 amide bonds. The molecule has 2 aromatic rings. The van der Waals surface area contributed by atoms with Gasteiger partial charge in [-0.2, -0.15) is 0 Å². The number of hydrogen-bond acceptors (Lipinski definition) is 4. The van der Waals surface area contributed by atoms with E-state index in [1.807, 2.05) is 18.2 Å². The lowest BCUT2D eigenvalue weighted by Crippen LogP contribution is -2.14. The van der Waals surface area contributed by atoms with Gasteiger partial charge in [0.1, 0.15) is 0 Å². The summed E-state index contributed by atoms with van der Waals surface area (Å²) in [7, 11) is 0. The molecule has 0 radical (unpaired) electrons. The van der Waals surface area contributed by atoms with Crippen LogP contribution >= 0.6 is 0 Å². The molecule has 1 aliphatic rings. The predicted molar refractivity (Wildman–Crippen MR) is 75.8 cm³/mol. The van der Waals surface area contributed by atoms with Gasteiger partial charge in [-0.15, -0.1) is 5.10 Å². The highest BCUT2D eigenvalue weighted by Gasteiger charge is 2.43. The van der Waals surface area contributed by atoms with Gasteiger partial charge in [0.25, 0.3) is 0 Å². The zero-order chi connectivity index (χ0) is 14.8. The summed E-state index contributed by atoms with van der Waals surface area (Å²) in [6, 6.07) is 10.4. The number of aryl methyl sites for hydroxylation is 1. The number of aromatic nitrogens is 4. The van der Waals surface area contributed by atoms with Crippen LogP contribution in [0.5, 0.6) is 0 Å². The Morgan fingerprint density at radius 2 is 2.14 bits per heavy atom. The number of rotatable bonds is 6. The summed E-state index contributed by atoms with van der Waals surface area (Å²) in [4.78, 5) is 10.9. The van der Waals surface area contributed by atoms with Crippen molar-refractivity contribution in [1.82, 2.24) is 20.2 Å². The molecule has 1 aromatic carbocycles. The molecule has 110 valence electrons. The van der Waals surface area contributed by atoms with E-state index >= 15 is 0 Å². The van der Waals surface area contributed by atoms with Crippen LogP contribution < -0.4 is 0 Å². The van der Waals surface area contributed by atoms with Crippen LogP contribution in [0.1, 0.15) is 43.0 Å². The van der Waals surface area contributed by atoms with Gasteiger partial charge in [-0.3, -0.25) is 4.79 Å². The minimum Gasteiger partial charge on any atom is -0.481 e. The molecule has 1 N–H and O–H groups in total. The highest BCUT2D eigenvalue weighted by molar-refractivity contribution is 5.69. The van der Waals surface area contributed by atoms with E-state index in [-0.39, 0.29) is 5.92 Å². The molecular formula is C15H18N4O2. The Kier molecular flexibility index (Phi) is 3.68. The minimum atomic E-state index is -0.779. The van der Waals surface area contributed by atoms with Crippen molar-refractivity contribution in [2.45, 2.75) is 38.1 Å². The van der Waals surface area contributed by atoms with Crippen molar-refractivity contribution in [3.8, 4) is 0 Å². The van der Waals surface area contributed by atoms with E-state index in [4.69, 9.17) is 5.11 Å².